The summed E-state index contributed by atoms with van der Waals surface area (Å²) >= 11 is 0. The molecular weight excluding hydrogens is 428 g/mol. The molecule has 0 saturated heterocycles. The Morgan fingerprint density at radius 1 is 0.941 bits per heavy atom. The van der Waals surface area contributed by atoms with Crippen LogP contribution >= 0.6 is 0 Å². The predicted octanol–water partition coefficient (Wildman–Crippen LogP) is 5.25. The highest BCUT2D eigenvalue weighted by Gasteiger charge is 2.52. The Hall–Kier alpha value is -2.81. The Labute approximate surface area is 201 Å². The first kappa shape index (κ1) is 23.0. The third-order valence-electron chi connectivity index (χ3n) is 7.80. The van der Waals surface area contributed by atoms with E-state index in [2.05, 4.69) is 17.9 Å². The van der Waals surface area contributed by atoms with E-state index in [1.54, 1.807) is 31.4 Å². The van der Waals surface area contributed by atoms with Crippen molar-refractivity contribution >= 4 is 5.97 Å². The van der Waals surface area contributed by atoms with Gasteiger partial charge in [0.25, 0.3) is 0 Å². The first-order valence-corrected chi connectivity index (χ1v) is 12.2. The molecule has 5 nitrogen and oxygen atoms in total. The van der Waals surface area contributed by atoms with Crippen molar-refractivity contribution in [2.75, 3.05) is 27.1 Å². The fraction of sp³-hybridized carbons (Fsp3) is 0.483. The summed E-state index contributed by atoms with van der Waals surface area (Å²) in [7, 11) is 1.66. The Kier molecular flexibility index (Phi) is 6.63. The average Bonchev–Trinajstić information content (AvgIpc) is 2.82. The second kappa shape index (κ2) is 9.82. The molecule has 1 N–H and O–H groups in total. The van der Waals surface area contributed by atoms with E-state index >= 15 is 0 Å². The fourth-order valence-electron chi connectivity index (χ4n) is 6.74. The number of aromatic carboxylic acids is 1. The molecule has 6 rings (SSSR count). The fourth-order valence-corrected chi connectivity index (χ4v) is 6.74. The monoisotopic (exact) mass is 460 g/mol. The molecule has 4 aliphatic rings. The number of benzene rings is 2. The summed E-state index contributed by atoms with van der Waals surface area (Å²) in [5.74, 6) is 8.97. The molecule has 0 spiro atoms. The molecule has 34 heavy (non-hydrogen) atoms. The van der Waals surface area contributed by atoms with E-state index in [0.717, 1.165) is 34.6 Å². The zero-order valence-corrected chi connectivity index (χ0v) is 19.7. The SMILES string of the molecule is COCCOCOc1ccc(C#Cc2ccc(C(=O)O)cc2)cc1C12CC3CC(CC(C3)C1)C2. The van der Waals surface area contributed by atoms with Crippen molar-refractivity contribution in [1.82, 2.24) is 0 Å². The summed E-state index contributed by atoms with van der Waals surface area (Å²) in [5, 5.41) is 9.10. The van der Waals surface area contributed by atoms with Gasteiger partial charge >= 0.3 is 5.97 Å². The molecule has 0 unspecified atom stereocenters. The Bertz CT molecular complexity index is 1060. The minimum Gasteiger partial charge on any atom is -0.478 e. The highest BCUT2D eigenvalue weighted by molar-refractivity contribution is 5.87. The first-order valence-electron chi connectivity index (χ1n) is 12.2. The highest BCUT2D eigenvalue weighted by Crippen LogP contribution is 2.61. The lowest BCUT2D eigenvalue weighted by molar-refractivity contribution is -0.0189. The Morgan fingerprint density at radius 3 is 2.18 bits per heavy atom. The smallest absolute Gasteiger partial charge is 0.335 e. The van der Waals surface area contributed by atoms with Gasteiger partial charge in [-0.05, 0) is 104 Å². The Morgan fingerprint density at radius 2 is 1.56 bits per heavy atom. The van der Waals surface area contributed by atoms with Gasteiger partial charge in [-0.2, -0.15) is 0 Å². The first-order chi connectivity index (χ1) is 16.5. The number of carbonyl (C=O) groups is 1. The largest absolute Gasteiger partial charge is 0.478 e. The van der Waals surface area contributed by atoms with Crippen LogP contribution in [0.25, 0.3) is 0 Å². The van der Waals surface area contributed by atoms with Crippen molar-refractivity contribution in [3.8, 4) is 17.6 Å². The highest BCUT2D eigenvalue weighted by atomic mass is 16.7. The predicted molar refractivity (Wildman–Crippen MR) is 129 cm³/mol. The van der Waals surface area contributed by atoms with Crippen LogP contribution in [0.15, 0.2) is 42.5 Å². The van der Waals surface area contributed by atoms with Gasteiger partial charge in [-0.1, -0.05) is 11.8 Å². The third-order valence-corrected chi connectivity index (χ3v) is 7.80. The molecule has 4 bridgehead atoms. The van der Waals surface area contributed by atoms with Gasteiger partial charge in [0, 0.05) is 23.8 Å². The third kappa shape index (κ3) is 4.85. The maximum atomic E-state index is 11.1. The molecule has 0 aromatic heterocycles. The summed E-state index contributed by atoms with van der Waals surface area (Å²) in [6.07, 6.45) is 7.90. The molecule has 0 atom stereocenters. The molecule has 0 aliphatic heterocycles. The van der Waals surface area contributed by atoms with Crippen molar-refractivity contribution in [2.45, 2.75) is 43.9 Å². The molecule has 4 saturated carbocycles. The molecule has 5 heteroatoms. The van der Waals surface area contributed by atoms with Gasteiger partial charge in [-0.25, -0.2) is 4.79 Å². The van der Waals surface area contributed by atoms with Gasteiger partial charge in [-0.3, -0.25) is 0 Å². The molecule has 2 aromatic rings. The lowest BCUT2D eigenvalue weighted by Crippen LogP contribution is -2.48. The van der Waals surface area contributed by atoms with Crippen LogP contribution in [0.5, 0.6) is 5.75 Å². The number of hydrogen-bond donors (Lipinski definition) is 1. The molecule has 178 valence electrons. The van der Waals surface area contributed by atoms with Crippen LogP contribution in [-0.2, 0) is 14.9 Å². The molecule has 0 heterocycles. The van der Waals surface area contributed by atoms with Crippen LogP contribution in [0.3, 0.4) is 0 Å². The second-order valence-corrected chi connectivity index (χ2v) is 10.2. The number of ether oxygens (including phenoxy) is 3. The van der Waals surface area contributed by atoms with E-state index in [-0.39, 0.29) is 17.8 Å². The van der Waals surface area contributed by atoms with E-state index in [1.807, 2.05) is 12.1 Å². The summed E-state index contributed by atoms with van der Waals surface area (Å²) in [5.41, 5.74) is 3.49. The number of hydrogen-bond acceptors (Lipinski definition) is 4. The van der Waals surface area contributed by atoms with Crippen LogP contribution in [0.1, 0.15) is 65.6 Å². The summed E-state index contributed by atoms with van der Waals surface area (Å²) in [6.45, 7) is 1.27. The van der Waals surface area contributed by atoms with Gasteiger partial charge in [0.1, 0.15) is 5.75 Å². The summed E-state index contributed by atoms with van der Waals surface area (Å²) in [4.78, 5) is 11.1. The quantitative estimate of drug-likeness (QED) is 0.331. The van der Waals surface area contributed by atoms with E-state index < -0.39 is 5.97 Å². The van der Waals surface area contributed by atoms with Gasteiger partial charge in [-0.15, -0.1) is 0 Å². The zero-order chi connectivity index (χ0) is 23.5. The minimum absolute atomic E-state index is 0.178. The minimum atomic E-state index is -0.929. The van der Waals surface area contributed by atoms with E-state index in [4.69, 9.17) is 19.3 Å². The van der Waals surface area contributed by atoms with Crippen molar-refractivity contribution in [3.63, 3.8) is 0 Å². The van der Waals surface area contributed by atoms with Crippen LogP contribution < -0.4 is 4.74 Å². The van der Waals surface area contributed by atoms with E-state index in [9.17, 15) is 4.79 Å². The lowest BCUT2D eigenvalue weighted by atomic mass is 9.48. The second-order valence-electron chi connectivity index (χ2n) is 10.2. The van der Waals surface area contributed by atoms with Gasteiger partial charge in [0.15, 0.2) is 6.79 Å². The number of methoxy groups -OCH3 is 1. The standard InChI is InChI=1S/C29H32O5/c1-32-10-11-33-19-34-27-9-6-21(3-2-20-4-7-25(8-5-20)28(30)31)15-26(27)29-16-22-12-23(17-29)14-24(13-22)18-29/h4-9,15,22-24H,10-14,16-19H2,1H3,(H,30,31). The van der Waals surface area contributed by atoms with Crippen LogP contribution in [0.4, 0.5) is 0 Å². The summed E-state index contributed by atoms with van der Waals surface area (Å²) in [6, 6.07) is 13.0. The van der Waals surface area contributed by atoms with E-state index in [0.29, 0.717) is 13.2 Å². The Balaban J connectivity index is 1.42. The van der Waals surface area contributed by atoms with Crippen molar-refractivity contribution in [1.29, 1.82) is 0 Å². The maximum Gasteiger partial charge on any atom is 0.335 e. The number of carboxylic acids is 1. The van der Waals surface area contributed by atoms with Crippen LogP contribution in [0.2, 0.25) is 0 Å². The molecule has 4 aliphatic carbocycles. The summed E-state index contributed by atoms with van der Waals surface area (Å²) < 4.78 is 16.8. The van der Waals surface area contributed by atoms with Gasteiger partial charge in [0.2, 0.25) is 0 Å². The maximum absolute atomic E-state index is 11.1. The number of carboxylic acid groups (broad SMARTS) is 1. The van der Waals surface area contributed by atoms with Crippen LogP contribution in [0, 0.1) is 29.6 Å². The van der Waals surface area contributed by atoms with E-state index in [1.165, 1.54) is 44.1 Å². The van der Waals surface area contributed by atoms with Crippen LogP contribution in [-0.4, -0.2) is 38.2 Å². The lowest BCUT2D eigenvalue weighted by Gasteiger charge is -2.57. The van der Waals surface area contributed by atoms with Crippen molar-refractivity contribution in [2.24, 2.45) is 17.8 Å². The molecule has 0 radical (unpaired) electrons. The molecule has 0 amide bonds. The topological polar surface area (TPSA) is 65.0 Å². The average molecular weight is 461 g/mol. The normalized spacial score (nSPS) is 26.7. The van der Waals surface area contributed by atoms with Crippen molar-refractivity contribution < 1.29 is 24.1 Å². The zero-order valence-electron chi connectivity index (χ0n) is 19.7. The molecule has 2 aromatic carbocycles. The molecular formula is C29H32O5. The van der Waals surface area contributed by atoms with Crippen molar-refractivity contribution in [3.05, 3.63) is 64.7 Å². The van der Waals surface area contributed by atoms with Gasteiger partial charge in [0.05, 0.1) is 18.8 Å². The number of rotatable bonds is 8. The molecule has 4 fully saturated rings. The van der Waals surface area contributed by atoms with Gasteiger partial charge < -0.3 is 19.3 Å².